The normalized spacial score (nSPS) is 15.3. The number of H-pyrrole nitrogens is 1. The second kappa shape index (κ2) is 7.95. The molecule has 1 aliphatic heterocycles. The first-order valence-corrected chi connectivity index (χ1v) is 9.06. The van der Waals surface area contributed by atoms with Gasteiger partial charge >= 0.3 is 0 Å². The minimum atomic E-state index is -0.656. The summed E-state index contributed by atoms with van der Waals surface area (Å²) in [7, 11) is 0. The minimum absolute atomic E-state index is 0.00149. The Bertz CT molecular complexity index is 863. The number of hydrogen-bond donors (Lipinski definition) is 1. The van der Waals surface area contributed by atoms with Crippen LogP contribution in [-0.2, 0) is 4.79 Å². The fourth-order valence-electron chi connectivity index (χ4n) is 3.21. The van der Waals surface area contributed by atoms with Gasteiger partial charge in [-0.1, -0.05) is 18.5 Å². The number of piperidine rings is 1. The van der Waals surface area contributed by atoms with Crippen molar-refractivity contribution in [1.82, 2.24) is 15.0 Å². The van der Waals surface area contributed by atoms with Gasteiger partial charge in [0.2, 0.25) is 5.95 Å². The lowest BCUT2D eigenvalue weighted by atomic mass is 9.90. The largest absolute Gasteiger partial charge is 0.355 e. The lowest BCUT2D eigenvalue weighted by Gasteiger charge is -2.32. The van der Waals surface area contributed by atoms with Crippen molar-refractivity contribution in [2.75, 3.05) is 18.0 Å². The van der Waals surface area contributed by atoms with Gasteiger partial charge < -0.3 is 9.88 Å². The first-order chi connectivity index (χ1) is 12.5. The zero-order chi connectivity index (χ0) is 18.7. The predicted molar refractivity (Wildman–Crippen MR) is 97.9 cm³/mol. The highest BCUT2D eigenvalue weighted by atomic mass is 35.5. The Balaban J connectivity index is 1.85. The van der Waals surface area contributed by atoms with E-state index in [1.165, 1.54) is 12.3 Å². The Kier molecular flexibility index (Phi) is 5.66. The van der Waals surface area contributed by atoms with Gasteiger partial charge in [-0.25, -0.2) is 9.97 Å². The van der Waals surface area contributed by atoms with Crippen LogP contribution >= 0.6 is 11.6 Å². The number of aromatic amines is 1. The number of hydrogen-bond acceptors (Lipinski definition) is 5. The van der Waals surface area contributed by atoms with E-state index in [-0.39, 0.29) is 16.8 Å². The average molecular weight is 379 g/mol. The van der Waals surface area contributed by atoms with Gasteiger partial charge in [-0.2, -0.15) is 4.39 Å². The van der Waals surface area contributed by atoms with Gasteiger partial charge in [0.25, 0.3) is 5.56 Å². The van der Waals surface area contributed by atoms with Gasteiger partial charge in [0.1, 0.15) is 16.6 Å². The van der Waals surface area contributed by atoms with Crippen LogP contribution in [0.2, 0.25) is 5.02 Å². The number of aromatic nitrogens is 3. The third-order valence-electron chi connectivity index (χ3n) is 4.59. The van der Waals surface area contributed by atoms with Crippen LogP contribution in [0, 0.1) is 11.9 Å². The zero-order valence-electron chi connectivity index (χ0n) is 14.5. The van der Waals surface area contributed by atoms with Crippen molar-refractivity contribution in [2.24, 2.45) is 5.92 Å². The molecular formula is C18H20ClFN4O2. The summed E-state index contributed by atoms with van der Waals surface area (Å²) >= 11 is 6.16. The fraction of sp³-hybridized carbons (Fsp3) is 0.444. The number of anilines is 1. The molecular weight excluding hydrogens is 359 g/mol. The number of nitrogens with zero attached hydrogens (tertiary/aromatic N) is 3. The Labute approximate surface area is 155 Å². The second-order valence-electron chi connectivity index (χ2n) is 6.40. The van der Waals surface area contributed by atoms with Gasteiger partial charge in [-0.3, -0.25) is 9.59 Å². The summed E-state index contributed by atoms with van der Waals surface area (Å²) in [5, 5.41) is 0.00149. The SMILES string of the molecule is CCCC(=O)C1CCN(c2nc(-c3ccnc(F)c3)[nH]c(=O)c2Cl)CC1. The van der Waals surface area contributed by atoms with Crippen LogP contribution in [0.5, 0.6) is 0 Å². The van der Waals surface area contributed by atoms with Crippen molar-refractivity contribution >= 4 is 23.2 Å². The highest BCUT2D eigenvalue weighted by molar-refractivity contribution is 6.32. The summed E-state index contributed by atoms with van der Waals surface area (Å²) in [5.41, 5.74) is -0.0615. The van der Waals surface area contributed by atoms with Gasteiger partial charge in [0.15, 0.2) is 5.82 Å². The molecule has 0 atom stereocenters. The molecule has 26 heavy (non-hydrogen) atoms. The Morgan fingerprint density at radius 3 is 2.81 bits per heavy atom. The summed E-state index contributed by atoms with van der Waals surface area (Å²) in [4.78, 5) is 36.7. The fourth-order valence-corrected chi connectivity index (χ4v) is 3.42. The predicted octanol–water partition coefficient (Wildman–Crippen LogP) is 3.21. The van der Waals surface area contributed by atoms with Crippen LogP contribution in [0.1, 0.15) is 32.6 Å². The minimum Gasteiger partial charge on any atom is -0.355 e. The van der Waals surface area contributed by atoms with Crippen molar-refractivity contribution in [3.63, 3.8) is 0 Å². The zero-order valence-corrected chi connectivity index (χ0v) is 15.2. The maximum Gasteiger partial charge on any atom is 0.272 e. The van der Waals surface area contributed by atoms with E-state index in [1.54, 1.807) is 6.07 Å². The summed E-state index contributed by atoms with van der Waals surface area (Å²) in [6.07, 6.45) is 4.19. The first-order valence-electron chi connectivity index (χ1n) is 8.69. The number of rotatable bonds is 5. The lowest BCUT2D eigenvalue weighted by Crippen LogP contribution is -2.37. The quantitative estimate of drug-likeness (QED) is 0.808. The molecule has 1 saturated heterocycles. The average Bonchev–Trinajstić information content (AvgIpc) is 2.64. The van der Waals surface area contributed by atoms with Crippen LogP contribution in [-0.4, -0.2) is 33.8 Å². The molecule has 3 rings (SSSR count). The summed E-state index contributed by atoms with van der Waals surface area (Å²) < 4.78 is 13.4. The molecule has 138 valence electrons. The van der Waals surface area contributed by atoms with E-state index in [9.17, 15) is 14.0 Å². The summed E-state index contributed by atoms with van der Waals surface area (Å²) in [6, 6.07) is 2.76. The van der Waals surface area contributed by atoms with Crippen LogP contribution in [0.4, 0.5) is 10.2 Å². The third kappa shape index (κ3) is 3.93. The Hall–Kier alpha value is -2.28. The number of Topliss-reactive ketones (excluding diaryl/α,β-unsaturated/α-hetero) is 1. The molecule has 0 unspecified atom stereocenters. The molecule has 0 saturated carbocycles. The van der Waals surface area contributed by atoms with E-state index in [4.69, 9.17) is 11.6 Å². The number of carbonyl (C=O) groups is 1. The third-order valence-corrected chi connectivity index (χ3v) is 4.93. The molecule has 8 heteroatoms. The van der Waals surface area contributed by atoms with Gasteiger partial charge in [0.05, 0.1) is 0 Å². The standard InChI is InChI=1S/C18H20ClFN4O2/c1-2-3-13(25)11-5-8-24(9-6-11)17-15(19)18(26)23-16(22-17)12-4-7-21-14(20)10-12/h4,7,10-11H,2-3,5-6,8-9H2,1H3,(H,22,23,26). The maximum absolute atomic E-state index is 13.4. The highest BCUT2D eigenvalue weighted by Crippen LogP contribution is 2.28. The molecule has 2 aromatic rings. The van der Waals surface area contributed by atoms with Gasteiger partial charge in [0, 0.05) is 43.3 Å². The van der Waals surface area contributed by atoms with Crippen LogP contribution in [0.3, 0.4) is 0 Å². The number of ketones is 1. The van der Waals surface area contributed by atoms with E-state index >= 15 is 0 Å². The molecule has 1 fully saturated rings. The van der Waals surface area contributed by atoms with Gasteiger partial charge in [-0.05, 0) is 25.3 Å². The van der Waals surface area contributed by atoms with Crippen molar-refractivity contribution in [3.05, 3.63) is 39.7 Å². The van der Waals surface area contributed by atoms with E-state index in [0.29, 0.717) is 49.5 Å². The topological polar surface area (TPSA) is 79.0 Å². The molecule has 6 nitrogen and oxygen atoms in total. The molecule has 0 aliphatic carbocycles. The second-order valence-corrected chi connectivity index (χ2v) is 6.77. The van der Waals surface area contributed by atoms with E-state index in [2.05, 4.69) is 15.0 Å². The molecule has 3 heterocycles. The molecule has 1 aliphatic rings. The Morgan fingerprint density at radius 1 is 1.42 bits per heavy atom. The van der Waals surface area contributed by atoms with Crippen molar-refractivity contribution < 1.29 is 9.18 Å². The van der Waals surface area contributed by atoms with E-state index in [0.717, 1.165) is 6.42 Å². The van der Waals surface area contributed by atoms with Crippen molar-refractivity contribution in [3.8, 4) is 11.4 Å². The van der Waals surface area contributed by atoms with E-state index in [1.807, 2.05) is 11.8 Å². The Morgan fingerprint density at radius 2 is 2.15 bits per heavy atom. The number of pyridine rings is 1. The number of nitrogens with one attached hydrogen (secondary N) is 1. The first kappa shape index (κ1) is 18.5. The molecule has 0 bridgehead atoms. The van der Waals surface area contributed by atoms with Crippen LogP contribution < -0.4 is 10.5 Å². The lowest BCUT2D eigenvalue weighted by molar-refractivity contribution is -0.123. The monoisotopic (exact) mass is 378 g/mol. The molecule has 0 spiro atoms. The summed E-state index contributed by atoms with van der Waals surface area (Å²) in [6.45, 7) is 3.19. The molecule has 0 radical (unpaired) electrons. The van der Waals surface area contributed by atoms with Crippen LogP contribution in [0.25, 0.3) is 11.4 Å². The molecule has 0 aromatic carbocycles. The molecule has 0 amide bonds. The summed E-state index contributed by atoms with van der Waals surface area (Å²) in [5.74, 6) is 0.298. The highest BCUT2D eigenvalue weighted by Gasteiger charge is 2.27. The maximum atomic E-state index is 13.4. The number of halogens is 2. The van der Waals surface area contributed by atoms with E-state index < -0.39 is 11.5 Å². The number of carbonyl (C=O) groups excluding carboxylic acids is 1. The van der Waals surface area contributed by atoms with Crippen molar-refractivity contribution in [1.29, 1.82) is 0 Å². The smallest absolute Gasteiger partial charge is 0.272 e. The molecule has 2 aromatic heterocycles. The molecule has 1 N–H and O–H groups in total. The van der Waals surface area contributed by atoms with Crippen molar-refractivity contribution in [2.45, 2.75) is 32.6 Å². The van der Waals surface area contributed by atoms with Gasteiger partial charge in [-0.15, -0.1) is 0 Å². The van der Waals surface area contributed by atoms with Crippen LogP contribution in [0.15, 0.2) is 23.1 Å².